The average Bonchev–Trinajstić information content (AvgIpc) is 2.66. The summed E-state index contributed by atoms with van der Waals surface area (Å²) in [6, 6.07) is 0. The Bertz CT molecular complexity index is 259. The first kappa shape index (κ1) is 12.4. The van der Waals surface area contributed by atoms with Crippen LogP contribution in [0.5, 0.6) is 0 Å². The molecule has 5 heteroatoms. The fraction of sp³-hybridized carbons (Fsp3) is 0.800. The van der Waals surface area contributed by atoms with Crippen molar-refractivity contribution in [2.45, 2.75) is 31.4 Å². The summed E-state index contributed by atoms with van der Waals surface area (Å²) in [4.78, 5) is 24.2. The number of amides is 1. The molecule has 0 radical (unpaired) electrons. The number of rotatable bonds is 4. The number of carbonyl (C=O) groups excluding carboxylic acids is 1. The van der Waals surface area contributed by atoms with Gasteiger partial charge in [-0.25, -0.2) is 0 Å². The average molecular weight is 231 g/mol. The van der Waals surface area contributed by atoms with Crippen molar-refractivity contribution in [2.75, 3.05) is 18.8 Å². The van der Waals surface area contributed by atoms with Crippen molar-refractivity contribution in [3.63, 3.8) is 0 Å². The second kappa shape index (κ2) is 4.88. The molecular formula is C10H17NO3S. The molecule has 0 aromatic rings. The largest absolute Gasteiger partial charge is 0.480 e. The summed E-state index contributed by atoms with van der Waals surface area (Å²) in [5.74, 6) is -0.548. The van der Waals surface area contributed by atoms with Crippen LogP contribution in [0.4, 0.5) is 0 Å². The maximum atomic E-state index is 11.6. The van der Waals surface area contributed by atoms with Gasteiger partial charge in [0.2, 0.25) is 5.91 Å². The number of hydrogen-bond acceptors (Lipinski definition) is 3. The lowest BCUT2D eigenvalue weighted by molar-refractivity contribution is -0.138. The smallest absolute Gasteiger partial charge is 0.319 e. The van der Waals surface area contributed by atoms with Gasteiger partial charge in [0, 0.05) is 13.1 Å². The van der Waals surface area contributed by atoms with Crippen molar-refractivity contribution < 1.29 is 14.7 Å². The van der Waals surface area contributed by atoms with Crippen LogP contribution in [0, 0.1) is 0 Å². The summed E-state index contributed by atoms with van der Waals surface area (Å²) >= 11 is 1.19. The minimum absolute atomic E-state index is 0.0619. The number of aliphatic carboxylic acids is 1. The van der Waals surface area contributed by atoms with Gasteiger partial charge in [-0.05, 0) is 26.7 Å². The van der Waals surface area contributed by atoms with E-state index in [2.05, 4.69) is 0 Å². The normalized spacial score (nSPS) is 16.8. The maximum Gasteiger partial charge on any atom is 0.319 e. The zero-order valence-electron chi connectivity index (χ0n) is 9.15. The van der Waals surface area contributed by atoms with Gasteiger partial charge >= 0.3 is 5.97 Å². The van der Waals surface area contributed by atoms with Gasteiger partial charge in [0.1, 0.15) is 4.75 Å². The van der Waals surface area contributed by atoms with E-state index >= 15 is 0 Å². The summed E-state index contributed by atoms with van der Waals surface area (Å²) in [6.07, 6.45) is 2.14. The summed E-state index contributed by atoms with van der Waals surface area (Å²) in [5, 5.41) is 8.87. The lowest BCUT2D eigenvalue weighted by atomic mass is 10.2. The van der Waals surface area contributed by atoms with Crippen LogP contribution in [0.1, 0.15) is 26.7 Å². The third-order valence-corrected chi connectivity index (χ3v) is 3.82. The van der Waals surface area contributed by atoms with E-state index in [0.717, 1.165) is 25.9 Å². The summed E-state index contributed by atoms with van der Waals surface area (Å²) < 4.78 is -0.880. The highest BCUT2D eigenvalue weighted by Crippen LogP contribution is 2.25. The van der Waals surface area contributed by atoms with Crippen LogP contribution in [0.2, 0.25) is 0 Å². The molecule has 1 saturated heterocycles. The maximum absolute atomic E-state index is 11.6. The molecule has 0 aromatic carbocycles. The summed E-state index contributed by atoms with van der Waals surface area (Å²) in [6.45, 7) is 4.90. The molecule has 1 aliphatic rings. The zero-order chi connectivity index (χ0) is 11.5. The van der Waals surface area contributed by atoms with Crippen molar-refractivity contribution in [1.82, 2.24) is 4.90 Å². The molecule has 0 bridgehead atoms. The van der Waals surface area contributed by atoms with Crippen LogP contribution in [-0.4, -0.2) is 45.5 Å². The molecule has 86 valence electrons. The first-order chi connectivity index (χ1) is 6.93. The van der Waals surface area contributed by atoms with Gasteiger partial charge in [0.15, 0.2) is 0 Å². The predicted octanol–water partition coefficient (Wildman–Crippen LogP) is 1.21. The molecular weight excluding hydrogens is 214 g/mol. The van der Waals surface area contributed by atoms with Gasteiger partial charge in [0.05, 0.1) is 5.75 Å². The molecule has 0 spiro atoms. The predicted molar refractivity (Wildman–Crippen MR) is 60.0 cm³/mol. The molecule has 0 aromatic heterocycles. The molecule has 1 heterocycles. The number of carbonyl (C=O) groups is 2. The van der Waals surface area contributed by atoms with E-state index in [9.17, 15) is 9.59 Å². The molecule has 0 aliphatic carbocycles. The Morgan fingerprint density at radius 2 is 1.87 bits per heavy atom. The van der Waals surface area contributed by atoms with Crippen molar-refractivity contribution >= 4 is 23.6 Å². The third-order valence-electron chi connectivity index (χ3n) is 2.53. The number of hydrogen-bond donors (Lipinski definition) is 1. The Kier molecular flexibility index (Phi) is 4.02. The number of likely N-dealkylation sites (tertiary alicyclic amines) is 1. The van der Waals surface area contributed by atoms with Crippen molar-refractivity contribution in [3.05, 3.63) is 0 Å². The van der Waals surface area contributed by atoms with E-state index in [0.29, 0.717) is 0 Å². The Morgan fingerprint density at radius 3 is 2.33 bits per heavy atom. The summed E-state index contributed by atoms with van der Waals surface area (Å²) in [7, 11) is 0. The van der Waals surface area contributed by atoms with E-state index in [1.807, 2.05) is 4.90 Å². The molecule has 1 rings (SSSR count). The van der Waals surface area contributed by atoms with Crippen LogP contribution in [0.15, 0.2) is 0 Å². The second-order valence-electron chi connectivity index (χ2n) is 4.19. The Morgan fingerprint density at radius 1 is 1.33 bits per heavy atom. The van der Waals surface area contributed by atoms with Gasteiger partial charge in [-0.15, -0.1) is 11.8 Å². The highest BCUT2D eigenvalue weighted by Gasteiger charge is 2.29. The SMILES string of the molecule is CC(C)(SCC(=O)N1CCCC1)C(=O)O. The first-order valence-corrected chi connectivity index (χ1v) is 6.07. The molecule has 1 aliphatic heterocycles. The third kappa shape index (κ3) is 3.41. The number of nitrogens with zero attached hydrogens (tertiary/aromatic N) is 1. The topological polar surface area (TPSA) is 57.6 Å². The summed E-state index contributed by atoms with van der Waals surface area (Å²) in [5.41, 5.74) is 0. The Labute approximate surface area is 94.0 Å². The van der Waals surface area contributed by atoms with Crippen LogP contribution in [0.3, 0.4) is 0 Å². The highest BCUT2D eigenvalue weighted by atomic mass is 32.2. The highest BCUT2D eigenvalue weighted by molar-refractivity contribution is 8.01. The van der Waals surface area contributed by atoms with Gasteiger partial charge in [0.25, 0.3) is 0 Å². The van der Waals surface area contributed by atoms with Crippen LogP contribution < -0.4 is 0 Å². The van der Waals surface area contributed by atoms with Gasteiger partial charge in [-0.3, -0.25) is 9.59 Å². The van der Waals surface area contributed by atoms with Crippen molar-refractivity contribution in [1.29, 1.82) is 0 Å². The van der Waals surface area contributed by atoms with Gasteiger partial charge in [-0.1, -0.05) is 0 Å². The zero-order valence-corrected chi connectivity index (χ0v) is 9.97. The Balaban J connectivity index is 2.36. The van der Waals surface area contributed by atoms with Crippen molar-refractivity contribution in [3.8, 4) is 0 Å². The number of thioether (sulfide) groups is 1. The van der Waals surface area contributed by atoms with Gasteiger partial charge in [-0.2, -0.15) is 0 Å². The molecule has 1 amide bonds. The fourth-order valence-corrected chi connectivity index (χ4v) is 2.15. The van der Waals surface area contributed by atoms with Gasteiger partial charge < -0.3 is 10.0 Å². The minimum atomic E-state index is -0.880. The van der Waals surface area contributed by atoms with E-state index < -0.39 is 10.7 Å². The van der Waals surface area contributed by atoms with E-state index in [4.69, 9.17) is 5.11 Å². The van der Waals surface area contributed by atoms with E-state index in [1.165, 1.54) is 11.8 Å². The van der Waals surface area contributed by atoms with E-state index in [1.54, 1.807) is 13.8 Å². The first-order valence-electron chi connectivity index (χ1n) is 5.08. The van der Waals surface area contributed by atoms with Crippen LogP contribution >= 0.6 is 11.8 Å². The molecule has 0 saturated carbocycles. The molecule has 0 atom stereocenters. The number of carboxylic acid groups (broad SMARTS) is 1. The molecule has 4 nitrogen and oxygen atoms in total. The minimum Gasteiger partial charge on any atom is -0.480 e. The van der Waals surface area contributed by atoms with Crippen molar-refractivity contribution in [2.24, 2.45) is 0 Å². The molecule has 1 N–H and O–H groups in total. The lowest BCUT2D eigenvalue weighted by Gasteiger charge is -2.20. The fourth-order valence-electron chi connectivity index (χ4n) is 1.36. The monoisotopic (exact) mass is 231 g/mol. The molecule has 0 unspecified atom stereocenters. The van der Waals surface area contributed by atoms with E-state index in [-0.39, 0.29) is 11.7 Å². The van der Waals surface area contributed by atoms with Crippen LogP contribution in [-0.2, 0) is 9.59 Å². The van der Waals surface area contributed by atoms with Crippen LogP contribution in [0.25, 0.3) is 0 Å². The number of carboxylic acids is 1. The Hall–Kier alpha value is -0.710. The second-order valence-corrected chi connectivity index (χ2v) is 5.79. The quantitative estimate of drug-likeness (QED) is 0.790. The molecule has 15 heavy (non-hydrogen) atoms. The standard InChI is InChI=1S/C10H17NO3S/c1-10(2,9(13)14)15-7-8(12)11-5-3-4-6-11/h3-7H2,1-2H3,(H,13,14). The lowest BCUT2D eigenvalue weighted by Crippen LogP contribution is -2.33. The molecule has 1 fully saturated rings.